The van der Waals surface area contributed by atoms with Crippen LogP contribution < -0.4 is 16.2 Å². The van der Waals surface area contributed by atoms with Crippen molar-refractivity contribution in [3.8, 4) is 5.69 Å². The Morgan fingerprint density at radius 2 is 2.00 bits per heavy atom. The minimum Gasteiger partial charge on any atom is -0.377 e. The molecule has 0 unspecified atom stereocenters. The standard InChI is InChI=1S/C22H22N8O3/c31-20-3-1-2-8-30(20)17-6-7-19(23-10-17)25-14-4-5-15(9-14)27-22-24-11-18(28-29-22)21(32)26-16-12-33-13-16/h1-3,6-8,10-11,15-16H,4-5,9,12-13H2,(H,26,32)(H,24,27,29)/t15-/m0/s1. The summed E-state index contributed by atoms with van der Waals surface area (Å²) in [6.07, 6.45) is 7.20. The van der Waals surface area contributed by atoms with Crippen LogP contribution in [0.3, 0.4) is 0 Å². The topological polar surface area (TPSA) is 136 Å². The maximum absolute atomic E-state index is 12.1. The monoisotopic (exact) mass is 446 g/mol. The van der Waals surface area contributed by atoms with Crippen LogP contribution in [0.2, 0.25) is 0 Å². The molecule has 2 aliphatic rings. The lowest BCUT2D eigenvalue weighted by Crippen LogP contribution is -2.48. The number of ether oxygens (including phenoxy) is 1. The predicted octanol–water partition coefficient (Wildman–Crippen LogP) is 1.28. The number of rotatable bonds is 6. The molecule has 33 heavy (non-hydrogen) atoms. The van der Waals surface area contributed by atoms with Gasteiger partial charge in [-0.15, -0.1) is 10.2 Å². The molecule has 1 saturated heterocycles. The third-order valence-corrected chi connectivity index (χ3v) is 5.47. The van der Waals surface area contributed by atoms with Crippen molar-refractivity contribution in [1.29, 1.82) is 0 Å². The number of aromatic nitrogens is 5. The summed E-state index contributed by atoms with van der Waals surface area (Å²) in [5, 5.41) is 14.0. The fraction of sp³-hybridized carbons (Fsp3) is 0.318. The molecule has 168 valence electrons. The summed E-state index contributed by atoms with van der Waals surface area (Å²) < 4.78 is 6.57. The molecule has 0 spiro atoms. The summed E-state index contributed by atoms with van der Waals surface area (Å²) in [6, 6.07) is 8.79. The molecule has 2 fully saturated rings. The third-order valence-electron chi connectivity index (χ3n) is 5.47. The number of pyridine rings is 2. The summed E-state index contributed by atoms with van der Waals surface area (Å²) in [6.45, 7) is 1.04. The minimum atomic E-state index is -0.305. The van der Waals surface area contributed by atoms with Crippen LogP contribution in [-0.4, -0.2) is 61.6 Å². The van der Waals surface area contributed by atoms with E-state index in [1.165, 1.54) is 16.8 Å². The first kappa shape index (κ1) is 20.9. The van der Waals surface area contributed by atoms with Gasteiger partial charge < -0.3 is 15.4 Å². The van der Waals surface area contributed by atoms with Crippen LogP contribution in [-0.2, 0) is 4.74 Å². The largest absolute Gasteiger partial charge is 0.377 e. The Balaban J connectivity index is 1.17. The SMILES string of the molecule is O=C(NC1COC1)c1cnc(N[C@H]2CCC(=Nc3ccc(-n4ccccc4=O)cn3)C2)nn1. The van der Waals surface area contributed by atoms with E-state index in [9.17, 15) is 9.59 Å². The molecule has 1 aliphatic carbocycles. The highest BCUT2D eigenvalue weighted by Crippen LogP contribution is 2.22. The molecule has 1 atom stereocenters. The Morgan fingerprint density at radius 3 is 2.70 bits per heavy atom. The van der Waals surface area contributed by atoms with E-state index in [1.807, 2.05) is 6.07 Å². The lowest BCUT2D eigenvalue weighted by Gasteiger charge is -2.26. The fourth-order valence-corrected chi connectivity index (χ4v) is 3.65. The smallest absolute Gasteiger partial charge is 0.273 e. The quantitative estimate of drug-likeness (QED) is 0.578. The van der Waals surface area contributed by atoms with Gasteiger partial charge in [0.2, 0.25) is 5.95 Å². The first-order valence-electron chi connectivity index (χ1n) is 10.7. The van der Waals surface area contributed by atoms with Crippen molar-refractivity contribution in [2.45, 2.75) is 31.3 Å². The van der Waals surface area contributed by atoms with E-state index >= 15 is 0 Å². The molecule has 11 heteroatoms. The number of anilines is 1. The molecule has 0 aromatic carbocycles. The van der Waals surface area contributed by atoms with Crippen molar-refractivity contribution >= 4 is 23.4 Å². The number of hydrogen-bond donors (Lipinski definition) is 2. The van der Waals surface area contributed by atoms with E-state index in [1.54, 1.807) is 30.6 Å². The van der Waals surface area contributed by atoms with Crippen LogP contribution >= 0.6 is 0 Å². The maximum Gasteiger partial charge on any atom is 0.273 e. The summed E-state index contributed by atoms with van der Waals surface area (Å²) >= 11 is 0. The molecular formula is C22H22N8O3. The van der Waals surface area contributed by atoms with E-state index in [0.29, 0.717) is 30.7 Å². The van der Waals surface area contributed by atoms with Gasteiger partial charge in [0.1, 0.15) is 0 Å². The zero-order valence-corrected chi connectivity index (χ0v) is 17.7. The lowest BCUT2D eigenvalue weighted by molar-refractivity contribution is -0.00357. The molecular weight excluding hydrogens is 424 g/mol. The second-order valence-corrected chi connectivity index (χ2v) is 7.92. The number of aliphatic imine (C=N–C) groups is 1. The summed E-state index contributed by atoms with van der Waals surface area (Å²) in [5.74, 6) is 0.671. The number of nitrogens with one attached hydrogen (secondary N) is 2. The van der Waals surface area contributed by atoms with Crippen LogP contribution in [0.25, 0.3) is 5.69 Å². The number of carbonyl (C=O) groups is 1. The van der Waals surface area contributed by atoms with Crippen molar-refractivity contribution in [3.05, 3.63) is 65.0 Å². The third kappa shape index (κ3) is 4.93. The lowest BCUT2D eigenvalue weighted by atomic mass is 10.2. The molecule has 11 nitrogen and oxygen atoms in total. The van der Waals surface area contributed by atoms with Gasteiger partial charge in [-0.1, -0.05) is 6.07 Å². The number of nitrogens with zero attached hydrogens (tertiary/aromatic N) is 6. The van der Waals surface area contributed by atoms with Crippen molar-refractivity contribution < 1.29 is 9.53 Å². The van der Waals surface area contributed by atoms with E-state index in [4.69, 9.17) is 4.74 Å². The maximum atomic E-state index is 12.1. The average Bonchev–Trinajstić information content (AvgIpc) is 3.24. The minimum absolute atomic E-state index is 0.0280. The Bertz CT molecular complexity index is 1220. The van der Waals surface area contributed by atoms with Gasteiger partial charge in [-0.2, -0.15) is 0 Å². The van der Waals surface area contributed by atoms with Gasteiger partial charge in [0.25, 0.3) is 11.5 Å². The van der Waals surface area contributed by atoms with Crippen molar-refractivity contribution in [3.63, 3.8) is 0 Å². The van der Waals surface area contributed by atoms with E-state index in [0.717, 1.165) is 25.0 Å². The molecule has 4 heterocycles. The van der Waals surface area contributed by atoms with Crippen LogP contribution in [0.5, 0.6) is 0 Å². The second-order valence-electron chi connectivity index (χ2n) is 7.92. The molecule has 0 radical (unpaired) electrons. The van der Waals surface area contributed by atoms with Gasteiger partial charge in [-0.25, -0.2) is 15.0 Å². The van der Waals surface area contributed by atoms with E-state index < -0.39 is 0 Å². The van der Waals surface area contributed by atoms with Crippen LogP contribution in [0, 0.1) is 0 Å². The van der Waals surface area contributed by atoms with E-state index in [-0.39, 0.29) is 29.2 Å². The summed E-state index contributed by atoms with van der Waals surface area (Å²) in [7, 11) is 0. The van der Waals surface area contributed by atoms with Gasteiger partial charge in [0, 0.05) is 30.4 Å². The molecule has 1 amide bonds. The Hall–Kier alpha value is -3.99. The highest BCUT2D eigenvalue weighted by atomic mass is 16.5. The molecule has 3 aromatic heterocycles. The van der Waals surface area contributed by atoms with Gasteiger partial charge >= 0.3 is 0 Å². The van der Waals surface area contributed by atoms with Crippen molar-refractivity contribution in [1.82, 2.24) is 30.0 Å². The number of carbonyl (C=O) groups excluding carboxylic acids is 1. The molecule has 1 aliphatic heterocycles. The highest BCUT2D eigenvalue weighted by Gasteiger charge is 2.23. The molecule has 5 rings (SSSR count). The van der Waals surface area contributed by atoms with Gasteiger partial charge in [-0.05, 0) is 31.0 Å². The number of hydrogen-bond acceptors (Lipinski definition) is 9. The Kier molecular flexibility index (Phi) is 5.85. The number of amides is 1. The van der Waals surface area contributed by atoms with Crippen molar-refractivity contribution in [2.24, 2.45) is 4.99 Å². The molecule has 0 bridgehead atoms. The van der Waals surface area contributed by atoms with Crippen LogP contribution in [0.1, 0.15) is 29.8 Å². The average molecular weight is 446 g/mol. The van der Waals surface area contributed by atoms with E-state index in [2.05, 4.69) is 35.8 Å². The summed E-state index contributed by atoms with van der Waals surface area (Å²) in [4.78, 5) is 37.2. The molecule has 2 N–H and O–H groups in total. The zero-order valence-electron chi connectivity index (χ0n) is 17.7. The normalized spacial score (nSPS) is 19.3. The second kappa shape index (κ2) is 9.25. The first-order valence-corrected chi connectivity index (χ1v) is 10.7. The fourth-order valence-electron chi connectivity index (χ4n) is 3.65. The highest BCUT2D eigenvalue weighted by molar-refractivity contribution is 5.92. The van der Waals surface area contributed by atoms with Crippen LogP contribution in [0.15, 0.2) is 58.7 Å². The van der Waals surface area contributed by atoms with Gasteiger partial charge in [-0.3, -0.25) is 14.2 Å². The van der Waals surface area contributed by atoms with Gasteiger partial charge in [0.15, 0.2) is 11.5 Å². The summed E-state index contributed by atoms with van der Waals surface area (Å²) in [5.41, 5.74) is 1.78. The molecule has 3 aromatic rings. The van der Waals surface area contributed by atoms with Crippen LogP contribution in [0.4, 0.5) is 11.8 Å². The van der Waals surface area contributed by atoms with Crippen molar-refractivity contribution in [2.75, 3.05) is 18.5 Å². The Labute approximate surface area is 189 Å². The predicted molar refractivity (Wildman–Crippen MR) is 120 cm³/mol. The zero-order chi connectivity index (χ0) is 22.6. The van der Waals surface area contributed by atoms with Gasteiger partial charge in [0.05, 0.1) is 37.3 Å². The first-order chi connectivity index (χ1) is 16.1. The Morgan fingerprint density at radius 1 is 1.09 bits per heavy atom. The molecule has 1 saturated carbocycles.